The lowest BCUT2D eigenvalue weighted by Gasteiger charge is -2.08. The Bertz CT molecular complexity index is 434. The number of nitrogens with one attached hydrogen (secondary N) is 1. The number of aromatic carboxylic acids is 1. The van der Waals surface area contributed by atoms with Crippen molar-refractivity contribution in [2.45, 2.75) is 12.8 Å². The Kier molecular flexibility index (Phi) is 4.27. The molecule has 0 spiro atoms. The number of carbonyl (C=O) groups is 2. The molecule has 0 atom stereocenters. The Morgan fingerprint density at radius 3 is 2.71 bits per heavy atom. The molecule has 0 fully saturated rings. The molecule has 1 rings (SSSR count). The molecule has 1 amide bonds. The maximum absolute atomic E-state index is 10.7. The van der Waals surface area contributed by atoms with Crippen LogP contribution in [0.15, 0.2) is 12.1 Å². The minimum Gasteiger partial charge on any atom is -0.477 e. The van der Waals surface area contributed by atoms with E-state index in [9.17, 15) is 9.59 Å². The number of nitrogens with two attached hydrogens (primary N) is 2. The third kappa shape index (κ3) is 3.98. The third-order valence-electron chi connectivity index (χ3n) is 2.04. The van der Waals surface area contributed by atoms with Crippen LogP contribution in [-0.4, -0.2) is 28.5 Å². The highest BCUT2D eigenvalue weighted by molar-refractivity contribution is 5.86. The van der Waals surface area contributed by atoms with Crippen molar-refractivity contribution in [2.75, 3.05) is 17.6 Å². The van der Waals surface area contributed by atoms with E-state index < -0.39 is 5.97 Å². The van der Waals surface area contributed by atoms with Crippen molar-refractivity contribution in [3.8, 4) is 0 Å². The summed E-state index contributed by atoms with van der Waals surface area (Å²) in [4.78, 5) is 25.0. The number of amides is 1. The summed E-state index contributed by atoms with van der Waals surface area (Å²) in [6, 6.07) is 2.79. The zero-order valence-electron chi connectivity index (χ0n) is 9.14. The van der Waals surface area contributed by atoms with Crippen molar-refractivity contribution in [3.05, 3.63) is 17.8 Å². The fraction of sp³-hybridized carbons (Fsp3) is 0.300. The minimum absolute atomic E-state index is 0.0865. The highest BCUT2D eigenvalue weighted by atomic mass is 16.4. The van der Waals surface area contributed by atoms with Gasteiger partial charge in [-0.05, 0) is 18.6 Å². The van der Waals surface area contributed by atoms with Crippen molar-refractivity contribution in [3.63, 3.8) is 0 Å². The number of rotatable bonds is 6. The number of hydrogen-bond donors (Lipinski definition) is 4. The van der Waals surface area contributed by atoms with E-state index in [-0.39, 0.29) is 18.0 Å². The summed E-state index contributed by atoms with van der Waals surface area (Å²) < 4.78 is 0. The fourth-order valence-electron chi connectivity index (χ4n) is 1.20. The first-order valence-corrected chi connectivity index (χ1v) is 5.02. The van der Waals surface area contributed by atoms with Crippen LogP contribution in [0.5, 0.6) is 0 Å². The normalized spacial score (nSPS) is 9.88. The van der Waals surface area contributed by atoms with E-state index in [0.717, 1.165) is 0 Å². The molecular weight excluding hydrogens is 224 g/mol. The number of hydrogen-bond acceptors (Lipinski definition) is 5. The molecule has 0 saturated heterocycles. The first-order chi connectivity index (χ1) is 8.00. The molecule has 0 aliphatic rings. The van der Waals surface area contributed by atoms with Crippen LogP contribution in [0.4, 0.5) is 11.5 Å². The summed E-state index contributed by atoms with van der Waals surface area (Å²) >= 11 is 0. The Hall–Kier alpha value is -2.31. The molecule has 0 radical (unpaired) electrons. The Balaban J connectivity index is 2.60. The van der Waals surface area contributed by atoms with Crippen molar-refractivity contribution >= 4 is 23.4 Å². The second-order valence-corrected chi connectivity index (χ2v) is 3.44. The lowest BCUT2D eigenvalue weighted by Crippen LogP contribution is -2.14. The van der Waals surface area contributed by atoms with Gasteiger partial charge < -0.3 is 21.9 Å². The second-order valence-electron chi connectivity index (χ2n) is 3.44. The third-order valence-corrected chi connectivity index (χ3v) is 2.04. The van der Waals surface area contributed by atoms with Gasteiger partial charge in [-0.1, -0.05) is 0 Å². The van der Waals surface area contributed by atoms with Crippen molar-refractivity contribution in [1.82, 2.24) is 4.98 Å². The first kappa shape index (κ1) is 12.8. The molecule has 7 nitrogen and oxygen atoms in total. The maximum Gasteiger partial charge on any atom is 0.354 e. The van der Waals surface area contributed by atoms with Crippen LogP contribution >= 0.6 is 0 Å². The molecule has 0 saturated carbocycles. The first-order valence-electron chi connectivity index (χ1n) is 5.02. The van der Waals surface area contributed by atoms with Crippen LogP contribution in [0.2, 0.25) is 0 Å². The summed E-state index contributed by atoms with van der Waals surface area (Å²) in [6.45, 7) is 0.448. The number of nitrogens with zero attached hydrogens (tertiary/aromatic N) is 1. The monoisotopic (exact) mass is 238 g/mol. The molecule has 0 aromatic carbocycles. The minimum atomic E-state index is -1.12. The average Bonchev–Trinajstić information content (AvgIpc) is 2.25. The highest BCUT2D eigenvalue weighted by Crippen LogP contribution is 2.15. The largest absolute Gasteiger partial charge is 0.477 e. The SMILES string of the molecule is NC(=O)CCCNc1nc(C(=O)O)ccc1N. The van der Waals surface area contributed by atoms with Crippen molar-refractivity contribution in [1.29, 1.82) is 0 Å². The summed E-state index contributed by atoms with van der Waals surface area (Å²) in [6.07, 6.45) is 0.791. The molecule has 1 aromatic heterocycles. The maximum atomic E-state index is 10.7. The fourth-order valence-corrected chi connectivity index (χ4v) is 1.20. The van der Waals surface area contributed by atoms with Gasteiger partial charge in [0.1, 0.15) is 5.82 Å². The molecule has 0 bridgehead atoms. The van der Waals surface area contributed by atoms with Gasteiger partial charge in [-0.2, -0.15) is 0 Å². The molecule has 92 valence electrons. The van der Waals surface area contributed by atoms with E-state index in [1.54, 1.807) is 0 Å². The van der Waals surface area contributed by atoms with Gasteiger partial charge in [0, 0.05) is 13.0 Å². The molecule has 1 aromatic rings. The molecular formula is C10H14N4O3. The van der Waals surface area contributed by atoms with Crippen LogP contribution < -0.4 is 16.8 Å². The number of nitrogen functional groups attached to an aromatic ring is 1. The zero-order valence-corrected chi connectivity index (χ0v) is 9.14. The number of primary amides is 1. The van der Waals surface area contributed by atoms with Gasteiger partial charge in [0.2, 0.25) is 5.91 Å². The Labute approximate surface area is 97.8 Å². The van der Waals surface area contributed by atoms with Crippen LogP contribution in [-0.2, 0) is 4.79 Å². The van der Waals surface area contributed by atoms with E-state index in [0.29, 0.717) is 24.5 Å². The number of aromatic nitrogens is 1. The van der Waals surface area contributed by atoms with E-state index in [2.05, 4.69) is 10.3 Å². The molecule has 1 heterocycles. The van der Waals surface area contributed by atoms with Gasteiger partial charge in [0.15, 0.2) is 5.69 Å². The number of carboxylic acid groups (broad SMARTS) is 1. The predicted octanol–water partition coefficient (Wildman–Crippen LogP) is 0.0394. The van der Waals surface area contributed by atoms with Gasteiger partial charge in [-0.3, -0.25) is 4.79 Å². The van der Waals surface area contributed by atoms with E-state index in [1.807, 2.05) is 0 Å². The molecule has 6 N–H and O–H groups in total. The van der Waals surface area contributed by atoms with Gasteiger partial charge in [0.25, 0.3) is 0 Å². The molecule has 0 aliphatic heterocycles. The Morgan fingerprint density at radius 1 is 1.41 bits per heavy atom. The topological polar surface area (TPSA) is 131 Å². The Morgan fingerprint density at radius 2 is 2.12 bits per heavy atom. The van der Waals surface area contributed by atoms with E-state index >= 15 is 0 Å². The number of pyridine rings is 1. The van der Waals surface area contributed by atoms with Crippen molar-refractivity contribution in [2.24, 2.45) is 5.73 Å². The molecule has 7 heteroatoms. The number of anilines is 2. The molecule has 0 unspecified atom stereocenters. The highest BCUT2D eigenvalue weighted by Gasteiger charge is 2.08. The van der Waals surface area contributed by atoms with Gasteiger partial charge in [-0.25, -0.2) is 9.78 Å². The van der Waals surface area contributed by atoms with Gasteiger partial charge in [-0.15, -0.1) is 0 Å². The summed E-state index contributed by atoms with van der Waals surface area (Å²) in [5.41, 5.74) is 10.9. The number of carbonyl (C=O) groups excluding carboxylic acids is 1. The lowest BCUT2D eigenvalue weighted by molar-refractivity contribution is -0.118. The summed E-state index contributed by atoms with van der Waals surface area (Å²) in [5, 5.41) is 11.6. The second kappa shape index (κ2) is 5.69. The van der Waals surface area contributed by atoms with Crippen LogP contribution in [0.1, 0.15) is 23.3 Å². The summed E-state index contributed by atoms with van der Waals surface area (Å²) in [5.74, 6) is -1.20. The van der Waals surface area contributed by atoms with E-state index in [4.69, 9.17) is 16.6 Å². The smallest absolute Gasteiger partial charge is 0.354 e. The summed E-state index contributed by atoms with van der Waals surface area (Å²) in [7, 11) is 0. The lowest BCUT2D eigenvalue weighted by atomic mass is 10.3. The zero-order chi connectivity index (χ0) is 12.8. The van der Waals surface area contributed by atoms with E-state index in [1.165, 1.54) is 12.1 Å². The van der Waals surface area contributed by atoms with Crippen molar-refractivity contribution < 1.29 is 14.7 Å². The van der Waals surface area contributed by atoms with Crippen LogP contribution in [0, 0.1) is 0 Å². The van der Waals surface area contributed by atoms with Gasteiger partial charge >= 0.3 is 5.97 Å². The molecule has 0 aliphatic carbocycles. The quantitative estimate of drug-likeness (QED) is 0.517. The van der Waals surface area contributed by atoms with Crippen LogP contribution in [0.3, 0.4) is 0 Å². The van der Waals surface area contributed by atoms with Crippen LogP contribution in [0.25, 0.3) is 0 Å². The number of carboxylic acids is 1. The molecule has 17 heavy (non-hydrogen) atoms. The van der Waals surface area contributed by atoms with Gasteiger partial charge in [0.05, 0.1) is 5.69 Å². The standard InChI is InChI=1S/C10H14N4O3/c11-6-3-4-7(10(16)17)14-9(6)13-5-1-2-8(12)15/h3-4H,1-2,5,11H2,(H2,12,15)(H,13,14)(H,16,17). The average molecular weight is 238 g/mol. The predicted molar refractivity (Wildman–Crippen MR) is 62.5 cm³/mol.